The number of hydrogen-bond acceptors (Lipinski definition) is 4. The van der Waals surface area contributed by atoms with Gasteiger partial charge in [-0.25, -0.2) is 4.68 Å². The van der Waals surface area contributed by atoms with Gasteiger partial charge in [0.2, 0.25) is 0 Å². The van der Waals surface area contributed by atoms with E-state index in [2.05, 4.69) is 52.0 Å². The predicted molar refractivity (Wildman–Crippen MR) is 82.3 cm³/mol. The predicted octanol–water partition coefficient (Wildman–Crippen LogP) is 2.84. The van der Waals surface area contributed by atoms with E-state index in [9.17, 15) is 0 Å². The zero-order valence-electron chi connectivity index (χ0n) is 11.9. The van der Waals surface area contributed by atoms with E-state index >= 15 is 0 Å². The lowest BCUT2D eigenvalue weighted by atomic mass is 10.1. The lowest BCUT2D eigenvalue weighted by Gasteiger charge is -2.08. The van der Waals surface area contributed by atoms with Gasteiger partial charge in [-0.05, 0) is 52.2 Å². The summed E-state index contributed by atoms with van der Waals surface area (Å²) in [7, 11) is 0. The Hall–Kier alpha value is -2.69. The molecular weight excluding hydrogens is 262 g/mol. The van der Waals surface area contributed by atoms with Crippen LogP contribution in [0, 0.1) is 0 Å². The topological polar surface area (TPSA) is 55.6 Å². The van der Waals surface area contributed by atoms with Crippen LogP contribution in [0.4, 0.5) is 5.69 Å². The minimum absolute atomic E-state index is 0.814. The van der Waals surface area contributed by atoms with E-state index in [1.165, 1.54) is 11.1 Å². The van der Waals surface area contributed by atoms with Crippen LogP contribution in [0.25, 0.3) is 5.69 Å². The van der Waals surface area contributed by atoms with Gasteiger partial charge in [-0.2, -0.15) is 0 Å². The molecule has 0 aliphatic carbocycles. The molecule has 0 aliphatic heterocycles. The van der Waals surface area contributed by atoms with Crippen LogP contribution in [0.5, 0.6) is 0 Å². The Balaban J connectivity index is 1.62. The van der Waals surface area contributed by atoms with Gasteiger partial charge in [0.25, 0.3) is 0 Å². The molecule has 0 saturated carbocycles. The maximum atomic E-state index is 3.86. The summed E-state index contributed by atoms with van der Waals surface area (Å²) in [6, 6.07) is 16.7. The standard InChI is InChI=1S/C16H17N5/c1-2-13-3-5-14(6-4-13)11-17-15-7-9-16(10-8-15)21-12-18-19-20-21/h3-10,12,17H,2,11H2,1H3. The molecule has 5 nitrogen and oxygen atoms in total. The number of nitrogens with one attached hydrogen (secondary N) is 1. The van der Waals surface area contributed by atoms with Gasteiger partial charge in [0.1, 0.15) is 6.33 Å². The summed E-state index contributed by atoms with van der Waals surface area (Å²) < 4.78 is 1.63. The second-order valence-corrected chi connectivity index (χ2v) is 4.82. The van der Waals surface area contributed by atoms with Crippen LogP contribution in [0.1, 0.15) is 18.1 Å². The highest BCUT2D eigenvalue weighted by molar-refractivity contribution is 5.48. The number of aryl methyl sites for hydroxylation is 1. The molecule has 21 heavy (non-hydrogen) atoms. The first-order valence-corrected chi connectivity index (χ1v) is 7.00. The minimum Gasteiger partial charge on any atom is -0.381 e. The normalized spacial score (nSPS) is 10.5. The van der Waals surface area contributed by atoms with Crippen LogP contribution in [0.2, 0.25) is 0 Å². The Labute approximate surface area is 123 Å². The van der Waals surface area contributed by atoms with Crippen LogP contribution in [0.15, 0.2) is 54.9 Å². The van der Waals surface area contributed by atoms with Gasteiger partial charge in [0.05, 0.1) is 5.69 Å². The number of anilines is 1. The van der Waals surface area contributed by atoms with Crippen LogP contribution in [0.3, 0.4) is 0 Å². The SMILES string of the molecule is CCc1ccc(CNc2ccc(-n3cnnn3)cc2)cc1. The summed E-state index contributed by atoms with van der Waals surface area (Å²) in [4.78, 5) is 0. The van der Waals surface area contributed by atoms with Gasteiger partial charge >= 0.3 is 0 Å². The quantitative estimate of drug-likeness (QED) is 0.780. The monoisotopic (exact) mass is 279 g/mol. The van der Waals surface area contributed by atoms with Crippen molar-refractivity contribution in [1.29, 1.82) is 0 Å². The van der Waals surface area contributed by atoms with Crippen molar-refractivity contribution in [3.8, 4) is 5.69 Å². The van der Waals surface area contributed by atoms with Crippen molar-refractivity contribution in [2.45, 2.75) is 19.9 Å². The highest BCUT2D eigenvalue weighted by Gasteiger charge is 1.99. The lowest BCUT2D eigenvalue weighted by molar-refractivity contribution is 0.789. The molecule has 3 aromatic rings. The van der Waals surface area contributed by atoms with Crippen molar-refractivity contribution in [2.24, 2.45) is 0 Å². The molecule has 0 unspecified atom stereocenters. The molecule has 0 spiro atoms. The smallest absolute Gasteiger partial charge is 0.143 e. The van der Waals surface area contributed by atoms with Crippen LogP contribution >= 0.6 is 0 Å². The zero-order valence-corrected chi connectivity index (χ0v) is 11.9. The number of benzene rings is 2. The second kappa shape index (κ2) is 6.17. The van der Waals surface area contributed by atoms with E-state index in [0.29, 0.717) is 0 Å². The molecule has 106 valence electrons. The largest absolute Gasteiger partial charge is 0.381 e. The maximum absolute atomic E-state index is 3.86. The summed E-state index contributed by atoms with van der Waals surface area (Å²) >= 11 is 0. The molecule has 2 aromatic carbocycles. The number of aromatic nitrogens is 4. The maximum Gasteiger partial charge on any atom is 0.143 e. The molecule has 0 atom stereocenters. The summed E-state index contributed by atoms with van der Waals surface area (Å²) in [5, 5.41) is 14.5. The van der Waals surface area contributed by atoms with E-state index in [0.717, 1.165) is 24.3 Å². The fraction of sp³-hybridized carbons (Fsp3) is 0.188. The van der Waals surface area contributed by atoms with E-state index in [4.69, 9.17) is 0 Å². The Morgan fingerprint density at radius 2 is 1.67 bits per heavy atom. The molecule has 0 radical (unpaired) electrons. The van der Waals surface area contributed by atoms with Crippen molar-refractivity contribution in [2.75, 3.05) is 5.32 Å². The molecular formula is C16H17N5. The third-order valence-corrected chi connectivity index (χ3v) is 3.41. The second-order valence-electron chi connectivity index (χ2n) is 4.82. The van der Waals surface area contributed by atoms with Crippen molar-refractivity contribution in [3.63, 3.8) is 0 Å². The van der Waals surface area contributed by atoms with Crippen molar-refractivity contribution < 1.29 is 0 Å². The minimum atomic E-state index is 0.814. The van der Waals surface area contributed by atoms with Crippen LogP contribution in [-0.4, -0.2) is 20.2 Å². The molecule has 0 fully saturated rings. The highest BCUT2D eigenvalue weighted by atomic mass is 15.5. The van der Waals surface area contributed by atoms with Gasteiger partial charge in [-0.1, -0.05) is 31.2 Å². The Bertz CT molecular complexity index is 672. The van der Waals surface area contributed by atoms with E-state index in [1.54, 1.807) is 11.0 Å². The molecule has 0 amide bonds. The highest BCUT2D eigenvalue weighted by Crippen LogP contribution is 2.13. The molecule has 3 rings (SSSR count). The Morgan fingerprint density at radius 1 is 0.952 bits per heavy atom. The average molecular weight is 279 g/mol. The van der Waals surface area contributed by atoms with Gasteiger partial charge in [-0.15, -0.1) is 5.10 Å². The average Bonchev–Trinajstić information content (AvgIpc) is 3.08. The summed E-state index contributed by atoms with van der Waals surface area (Å²) in [5.74, 6) is 0. The van der Waals surface area contributed by atoms with Crippen molar-refractivity contribution >= 4 is 5.69 Å². The van der Waals surface area contributed by atoms with E-state index in [-0.39, 0.29) is 0 Å². The van der Waals surface area contributed by atoms with Gasteiger partial charge in [0, 0.05) is 12.2 Å². The van der Waals surface area contributed by atoms with Gasteiger partial charge in [-0.3, -0.25) is 0 Å². The molecule has 1 aromatic heterocycles. The third kappa shape index (κ3) is 3.25. The van der Waals surface area contributed by atoms with Crippen LogP contribution in [-0.2, 0) is 13.0 Å². The fourth-order valence-corrected chi connectivity index (χ4v) is 2.11. The fourth-order valence-electron chi connectivity index (χ4n) is 2.11. The number of nitrogens with zero attached hydrogens (tertiary/aromatic N) is 4. The number of hydrogen-bond donors (Lipinski definition) is 1. The van der Waals surface area contributed by atoms with E-state index < -0.39 is 0 Å². The Kier molecular flexibility index (Phi) is 3.91. The molecule has 5 heteroatoms. The van der Waals surface area contributed by atoms with Crippen LogP contribution < -0.4 is 5.32 Å². The number of rotatable bonds is 5. The molecule has 1 N–H and O–H groups in total. The first kappa shape index (κ1) is 13.3. The van der Waals surface area contributed by atoms with Crippen molar-refractivity contribution in [1.82, 2.24) is 20.2 Å². The first-order valence-electron chi connectivity index (χ1n) is 7.00. The zero-order chi connectivity index (χ0) is 14.5. The van der Waals surface area contributed by atoms with Gasteiger partial charge in [0.15, 0.2) is 0 Å². The van der Waals surface area contributed by atoms with E-state index in [1.807, 2.05) is 24.3 Å². The van der Waals surface area contributed by atoms with Crippen molar-refractivity contribution in [3.05, 3.63) is 66.0 Å². The first-order chi connectivity index (χ1) is 10.3. The summed E-state index contributed by atoms with van der Waals surface area (Å²) in [5.41, 5.74) is 4.66. The Morgan fingerprint density at radius 3 is 2.29 bits per heavy atom. The summed E-state index contributed by atoms with van der Waals surface area (Å²) in [6.07, 6.45) is 2.66. The molecule has 0 bridgehead atoms. The molecule has 0 saturated heterocycles. The lowest BCUT2D eigenvalue weighted by Crippen LogP contribution is -2.00. The summed E-state index contributed by atoms with van der Waals surface area (Å²) in [6.45, 7) is 2.98. The van der Waals surface area contributed by atoms with Gasteiger partial charge < -0.3 is 5.32 Å². The molecule has 0 aliphatic rings. The third-order valence-electron chi connectivity index (χ3n) is 3.41. The number of tetrazole rings is 1. The molecule has 1 heterocycles.